The summed E-state index contributed by atoms with van der Waals surface area (Å²) in [5, 5.41) is 9.53. The molecule has 0 aliphatic carbocycles. The van der Waals surface area contributed by atoms with Gasteiger partial charge >= 0.3 is 17.9 Å². The third-order valence-electron chi connectivity index (χ3n) is 3.27. The van der Waals surface area contributed by atoms with Gasteiger partial charge in [-0.1, -0.05) is 6.92 Å². The second-order valence-corrected chi connectivity index (χ2v) is 5.86. The molecule has 0 fully saturated rings. The number of aliphatic hydroxyl groups excluding tert-OH is 1. The van der Waals surface area contributed by atoms with Crippen LogP contribution >= 0.6 is 0 Å². The van der Waals surface area contributed by atoms with Gasteiger partial charge in [-0.05, 0) is 20.8 Å². The summed E-state index contributed by atoms with van der Waals surface area (Å²) in [7, 11) is 2.20. The first kappa shape index (κ1) is 19.4. The highest BCUT2D eigenvalue weighted by atomic mass is 16.6. The number of methoxy groups -OCH3 is 2. The lowest BCUT2D eigenvalue weighted by Crippen LogP contribution is -2.51. The molecule has 21 heavy (non-hydrogen) atoms. The Morgan fingerprint density at radius 2 is 1.43 bits per heavy atom. The van der Waals surface area contributed by atoms with Gasteiger partial charge in [-0.3, -0.25) is 14.4 Å². The Bertz CT molecular complexity index is 379. The minimum atomic E-state index is -1.92. The average Bonchev–Trinajstić information content (AvgIpc) is 2.43. The molecule has 0 aliphatic rings. The van der Waals surface area contributed by atoms with Crippen LogP contribution in [0, 0.1) is 16.7 Å². The van der Waals surface area contributed by atoms with E-state index >= 15 is 0 Å². The van der Waals surface area contributed by atoms with E-state index in [0.29, 0.717) is 0 Å². The van der Waals surface area contributed by atoms with Gasteiger partial charge in [0.15, 0.2) is 5.41 Å². The Hall–Kier alpha value is -1.63. The van der Waals surface area contributed by atoms with Gasteiger partial charge in [0.2, 0.25) is 0 Å². The van der Waals surface area contributed by atoms with E-state index in [0.717, 1.165) is 14.2 Å². The van der Waals surface area contributed by atoms with E-state index in [1.54, 1.807) is 20.8 Å². The number of ether oxygens (including phenoxy) is 3. The van der Waals surface area contributed by atoms with Gasteiger partial charge in [0.25, 0.3) is 0 Å². The van der Waals surface area contributed by atoms with Crippen molar-refractivity contribution in [1.82, 2.24) is 0 Å². The van der Waals surface area contributed by atoms with Crippen molar-refractivity contribution >= 4 is 17.9 Å². The zero-order valence-electron chi connectivity index (χ0n) is 13.4. The van der Waals surface area contributed by atoms with E-state index in [2.05, 4.69) is 9.47 Å². The van der Waals surface area contributed by atoms with Gasteiger partial charge in [0.1, 0.15) is 0 Å². The number of hydrogen-bond acceptors (Lipinski definition) is 7. The molecule has 0 aromatic carbocycles. The number of esters is 3. The van der Waals surface area contributed by atoms with E-state index < -0.39 is 41.3 Å². The van der Waals surface area contributed by atoms with Gasteiger partial charge in [-0.2, -0.15) is 0 Å². The third-order valence-corrected chi connectivity index (χ3v) is 3.27. The van der Waals surface area contributed by atoms with Crippen LogP contribution in [0.3, 0.4) is 0 Å². The van der Waals surface area contributed by atoms with Crippen molar-refractivity contribution in [3.05, 3.63) is 0 Å². The maximum absolute atomic E-state index is 11.9. The molecule has 1 unspecified atom stereocenters. The molecule has 1 N–H and O–H groups in total. The summed E-state index contributed by atoms with van der Waals surface area (Å²) in [6.45, 7) is 5.52. The zero-order chi connectivity index (χ0) is 16.8. The van der Waals surface area contributed by atoms with Gasteiger partial charge in [-0.15, -0.1) is 0 Å². The maximum Gasteiger partial charge on any atom is 0.326 e. The Morgan fingerprint density at radius 1 is 1.00 bits per heavy atom. The molecular weight excluding hydrogens is 280 g/mol. The van der Waals surface area contributed by atoms with Gasteiger partial charge in [0, 0.05) is 5.92 Å². The molecule has 1 atom stereocenters. The molecule has 0 amide bonds. The van der Waals surface area contributed by atoms with E-state index in [9.17, 15) is 19.5 Å². The van der Waals surface area contributed by atoms with Crippen LogP contribution < -0.4 is 0 Å². The standard InChI is InChI=1S/C14H24O7/c1-9(7-21-10(16)13(2,3)4)14(8-15,11(17)19-5)12(18)20-6/h9,15H,7-8H2,1-6H3. The van der Waals surface area contributed by atoms with Gasteiger partial charge < -0.3 is 19.3 Å². The Kier molecular flexibility index (Phi) is 6.82. The van der Waals surface area contributed by atoms with E-state index in [4.69, 9.17) is 4.74 Å². The summed E-state index contributed by atoms with van der Waals surface area (Å²) in [5.74, 6) is -3.16. The molecule has 7 nitrogen and oxygen atoms in total. The SMILES string of the molecule is COC(=O)C(CO)(C(=O)OC)C(C)COC(=O)C(C)(C)C. The van der Waals surface area contributed by atoms with Crippen LogP contribution in [0.1, 0.15) is 27.7 Å². The van der Waals surface area contributed by atoms with Crippen molar-refractivity contribution in [1.29, 1.82) is 0 Å². The van der Waals surface area contributed by atoms with Crippen LogP contribution in [0.4, 0.5) is 0 Å². The van der Waals surface area contributed by atoms with Crippen molar-refractivity contribution in [2.45, 2.75) is 27.7 Å². The van der Waals surface area contributed by atoms with Crippen molar-refractivity contribution in [3.8, 4) is 0 Å². The molecule has 0 aromatic heterocycles. The van der Waals surface area contributed by atoms with E-state index in [1.165, 1.54) is 6.92 Å². The second kappa shape index (κ2) is 7.40. The summed E-state index contributed by atoms with van der Waals surface area (Å²) in [5.41, 5.74) is -2.63. The number of rotatable bonds is 6. The van der Waals surface area contributed by atoms with Crippen molar-refractivity contribution in [2.75, 3.05) is 27.4 Å². The van der Waals surface area contributed by atoms with Gasteiger partial charge in [0.05, 0.1) is 32.8 Å². The van der Waals surface area contributed by atoms with Crippen molar-refractivity contribution < 1.29 is 33.7 Å². The quantitative estimate of drug-likeness (QED) is 0.434. The molecule has 0 saturated carbocycles. The van der Waals surface area contributed by atoms with Crippen LogP contribution in [0.25, 0.3) is 0 Å². The minimum Gasteiger partial charge on any atom is -0.468 e. The lowest BCUT2D eigenvalue weighted by atomic mass is 9.77. The number of carbonyl (C=O) groups is 3. The number of carbonyl (C=O) groups excluding carboxylic acids is 3. The molecule has 0 spiro atoms. The molecule has 7 heteroatoms. The third kappa shape index (κ3) is 4.17. The minimum absolute atomic E-state index is 0.221. The Morgan fingerprint density at radius 3 is 1.71 bits per heavy atom. The molecule has 0 aliphatic heterocycles. The molecule has 0 radical (unpaired) electrons. The second-order valence-electron chi connectivity index (χ2n) is 5.86. The smallest absolute Gasteiger partial charge is 0.326 e. The highest BCUT2D eigenvalue weighted by Crippen LogP contribution is 2.31. The van der Waals surface area contributed by atoms with Crippen molar-refractivity contribution in [3.63, 3.8) is 0 Å². The summed E-state index contributed by atoms with van der Waals surface area (Å²) >= 11 is 0. The maximum atomic E-state index is 11.9. The van der Waals surface area contributed by atoms with Gasteiger partial charge in [-0.25, -0.2) is 0 Å². The lowest BCUT2D eigenvalue weighted by molar-refractivity contribution is -0.181. The van der Waals surface area contributed by atoms with Crippen LogP contribution in [0.5, 0.6) is 0 Å². The van der Waals surface area contributed by atoms with Crippen LogP contribution in [-0.4, -0.2) is 50.4 Å². The summed E-state index contributed by atoms with van der Waals surface area (Å²) in [6, 6.07) is 0. The fourth-order valence-corrected chi connectivity index (χ4v) is 1.69. The van der Waals surface area contributed by atoms with Crippen LogP contribution in [0.2, 0.25) is 0 Å². The number of hydrogen-bond donors (Lipinski definition) is 1. The van der Waals surface area contributed by atoms with E-state index in [1.807, 2.05) is 0 Å². The molecule has 0 saturated heterocycles. The Labute approximate surface area is 124 Å². The zero-order valence-corrected chi connectivity index (χ0v) is 13.4. The largest absolute Gasteiger partial charge is 0.468 e. The fourth-order valence-electron chi connectivity index (χ4n) is 1.69. The lowest BCUT2D eigenvalue weighted by Gasteiger charge is -2.32. The predicted molar refractivity (Wildman–Crippen MR) is 73.1 cm³/mol. The molecule has 0 heterocycles. The van der Waals surface area contributed by atoms with Crippen LogP contribution in [-0.2, 0) is 28.6 Å². The van der Waals surface area contributed by atoms with Crippen LogP contribution in [0.15, 0.2) is 0 Å². The Balaban J connectivity index is 5.23. The van der Waals surface area contributed by atoms with E-state index in [-0.39, 0.29) is 6.61 Å². The summed E-state index contributed by atoms with van der Waals surface area (Å²) in [6.07, 6.45) is 0. The molecular formula is C14H24O7. The fraction of sp³-hybridized carbons (Fsp3) is 0.786. The normalized spacial score (nSPS) is 13.3. The molecule has 0 bridgehead atoms. The first-order chi connectivity index (χ1) is 9.57. The monoisotopic (exact) mass is 304 g/mol. The summed E-state index contributed by atoms with van der Waals surface area (Å²) in [4.78, 5) is 35.6. The number of aliphatic hydroxyl groups is 1. The highest BCUT2D eigenvalue weighted by molar-refractivity contribution is 6.00. The topological polar surface area (TPSA) is 99.1 Å². The average molecular weight is 304 g/mol. The first-order valence-electron chi connectivity index (χ1n) is 6.52. The first-order valence-corrected chi connectivity index (χ1v) is 6.52. The van der Waals surface area contributed by atoms with Crippen molar-refractivity contribution in [2.24, 2.45) is 16.7 Å². The molecule has 0 aromatic rings. The highest BCUT2D eigenvalue weighted by Gasteiger charge is 2.53. The molecule has 122 valence electrons. The predicted octanol–water partition coefficient (Wildman–Crippen LogP) is 0.536. The molecule has 0 rings (SSSR count). The summed E-state index contributed by atoms with van der Waals surface area (Å²) < 4.78 is 14.3.